The predicted molar refractivity (Wildman–Crippen MR) is 63.5 cm³/mol. The van der Waals surface area contributed by atoms with Gasteiger partial charge in [-0.3, -0.25) is 4.72 Å². The summed E-state index contributed by atoms with van der Waals surface area (Å²) in [5.74, 6) is 0.790. The Kier molecular flexibility index (Phi) is 4.74. The molecular weight excluding hydrogens is 194 g/mol. The summed E-state index contributed by atoms with van der Waals surface area (Å²) in [5, 5.41) is 0. The molecule has 0 saturated carbocycles. The Hall–Kier alpha value is 0.270. The fourth-order valence-electron chi connectivity index (χ4n) is 1.58. The monoisotopic (exact) mass is 217 g/mol. The van der Waals surface area contributed by atoms with Crippen molar-refractivity contribution in [2.24, 2.45) is 5.92 Å². The molecule has 0 aromatic carbocycles. The molecule has 1 heterocycles. The summed E-state index contributed by atoms with van der Waals surface area (Å²) in [4.78, 5) is 0. The minimum atomic E-state index is 0.305. The maximum atomic E-state index is 5.36. The van der Waals surface area contributed by atoms with Gasteiger partial charge in [0.2, 0.25) is 0 Å². The van der Waals surface area contributed by atoms with E-state index < -0.39 is 0 Å². The van der Waals surface area contributed by atoms with Gasteiger partial charge >= 0.3 is 0 Å². The van der Waals surface area contributed by atoms with Crippen LogP contribution in [-0.4, -0.2) is 24.0 Å². The molecule has 0 aromatic rings. The quantitative estimate of drug-likeness (QED) is 0.735. The molecule has 1 atom stereocenters. The van der Waals surface area contributed by atoms with E-state index in [1.807, 2.05) is 11.9 Å². The zero-order valence-corrected chi connectivity index (χ0v) is 10.6. The van der Waals surface area contributed by atoms with Gasteiger partial charge in [-0.25, -0.2) is 0 Å². The van der Waals surface area contributed by atoms with Crippen LogP contribution < -0.4 is 4.72 Å². The van der Waals surface area contributed by atoms with Gasteiger partial charge in [0.25, 0.3) is 0 Å². The van der Waals surface area contributed by atoms with Gasteiger partial charge in [-0.15, -0.1) is 0 Å². The Balaban J connectivity index is 2.23. The maximum absolute atomic E-state index is 5.36. The van der Waals surface area contributed by atoms with Gasteiger partial charge in [0.1, 0.15) is 0 Å². The van der Waals surface area contributed by atoms with E-state index in [1.165, 1.54) is 12.8 Å². The molecule has 0 aromatic heterocycles. The van der Waals surface area contributed by atoms with Gasteiger partial charge in [-0.1, -0.05) is 11.9 Å². The van der Waals surface area contributed by atoms with Gasteiger partial charge < -0.3 is 4.74 Å². The van der Waals surface area contributed by atoms with Crippen molar-refractivity contribution in [2.75, 3.05) is 13.2 Å². The normalized spacial score (nSPS) is 22.3. The highest BCUT2D eigenvalue weighted by atomic mass is 32.2. The highest BCUT2D eigenvalue weighted by Gasteiger charge is 2.22. The first-order chi connectivity index (χ1) is 6.49. The fourth-order valence-corrected chi connectivity index (χ4v) is 2.31. The third kappa shape index (κ3) is 4.67. The average molecular weight is 217 g/mol. The second kappa shape index (κ2) is 5.38. The fraction of sp³-hybridized carbons (Fsp3) is 1.00. The first-order valence-electron chi connectivity index (χ1n) is 5.50. The van der Waals surface area contributed by atoms with E-state index in [-0.39, 0.29) is 0 Å². The molecule has 14 heavy (non-hydrogen) atoms. The maximum Gasteiger partial charge on any atom is 0.0469 e. The van der Waals surface area contributed by atoms with Crippen LogP contribution in [0, 0.1) is 5.92 Å². The molecule has 0 bridgehead atoms. The second-order valence-electron chi connectivity index (χ2n) is 5.07. The molecule has 0 aliphatic carbocycles. The summed E-state index contributed by atoms with van der Waals surface area (Å²) >= 11 is 1.84. The summed E-state index contributed by atoms with van der Waals surface area (Å²) in [6.45, 7) is 10.9. The Morgan fingerprint density at radius 3 is 2.36 bits per heavy atom. The van der Waals surface area contributed by atoms with Crippen molar-refractivity contribution in [3.63, 3.8) is 0 Å². The van der Waals surface area contributed by atoms with Gasteiger partial charge in [0, 0.05) is 24.0 Å². The molecule has 1 aliphatic heterocycles. The molecule has 2 nitrogen and oxygen atoms in total. The standard InChI is InChI=1S/C11H23NOS/c1-9(12-14-11(2,3)4)10-5-7-13-8-6-10/h9-10,12H,5-8H2,1-4H3/t9-/m0/s1. The third-order valence-corrected chi connectivity index (χ3v) is 3.63. The van der Waals surface area contributed by atoms with Crippen LogP contribution in [0.3, 0.4) is 0 Å². The van der Waals surface area contributed by atoms with Gasteiger partial charge in [0.15, 0.2) is 0 Å². The van der Waals surface area contributed by atoms with Gasteiger partial charge in [-0.2, -0.15) is 0 Å². The lowest BCUT2D eigenvalue weighted by Gasteiger charge is -2.30. The first-order valence-corrected chi connectivity index (χ1v) is 6.32. The van der Waals surface area contributed by atoms with E-state index in [0.717, 1.165) is 19.1 Å². The molecule has 0 radical (unpaired) electrons. The molecule has 0 unspecified atom stereocenters. The highest BCUT2D eigenvalue weighted by Crippen LogP contribution is 2.24. The van der Waals surface area contributed by atoms with Gasteiger partial charge in [0.05, 0.1) is 0 Å². The van der Waals surface area contributed by atoms with Crippen molar-refractivity contribution in [1.29, 1.82) is 0 Å². The van der Waals surface area contributed by atoms with Crippen molar-refractivity contribution in [1.82, 2.24) is 4.72 Å². The van der Waals surface area contributed by atoms with E-state index in [9.17, 15) is 0 Å². The van der Waals surface area contributed by atoms with E-state index in [4.69, 9.17) is 4.74 Å². The van der Waals surface area contributed by atoms with E-state index in [1.54, 1.807) is 0 Å². The molecule has 1 aliphatic rings. The Bertz CT molecular complexity index is 161. The lowest BCUT2D eigenvalue weighted by atomic mass is 9.94. The van der Waals surface area contributed by atoms with Crippen LogP contribution in [0.1, 0.15) is 40.5 Å². The SMILES string of the molecule is C[C@H](NSC(C)(C)C)C1CCOCC1. The molecule has 1 saturated heterocycles. The van der Waals surface area contributed by atoms with Crippen LogP contribution in [0.2, 0.25) is 0 Å². The second-order valence-corrected chi connectivity index (χ2v) is 6.74. The summed E-state index contributed by atoms with van der Waals surface area (Å²) in [6, 6.07) is 0.600. The molecule has 3 heteroatoms. The smallest absolute Gasteiger partial charge is 0.0469 e. The molecule has 1 N–H and O–H groups in total. The van der Waals surface area contributed by atoms with Crippen LogP contribution >= 0.6 is 11.9 Å². The number of hydrogen-bond acceptors (Lipinski definition) is 3. The van der Waals surface area contributed by atoms with Crippen molar-refractivity contribution in [2.45, 2.75) is 51.3 Å². The molecule has 0 spiro atoms. The lowest BCUT2D eigenvalue weighted by molar-refractivity contribution is 0.0588. The van der Waals surface area contributed by atoms with Crippen LogP contribution in [0.25, 0.3) is 0 Å². The third-order valence-electron chi connectivity index (χ3n) is 2.52. The number of ether oxygens (including phenoxy) is 1. The van der Waals surface area contributed by atoms with Crippen molar-refractivity contribution in [3.05, 3.63) is 0 Å². The minimum Gasteiger partial charge on any atom is -0.381 e. The molecular formula is C11H23NOS. The first kappa shape index (κ1) is 12.3. The van der Waals surface area contributed by atoms with Crippen LogP contribution in [0.5, 0.6) is 0 Å². The summed E-state index contributed by atoms with van der Waals surface area (Å²) in [7, 11) is 0. The minimum absolute atomic E-state index is 0.305. The number of nitrogens with one attached hydrogen (secondary N) is 1. The summed E-state index contributed by atoms with van der Waals surface area (Å²) in [6.07, 6.45) is 2.41. The molecule has 1 fully saturated rings. The van der Waals surface area contributed by atoms with Crippen LogP contribution in [-0.2, 0) is 4.74 Å². The number of rotatable bonds is 3. The Labute approximate surface area is 92.3 Å². The van der Waals surface area contributed by atoms with Crippen molar-refractivity contribution in [3.8, 4) is 0 Å². The van der Waals surface area contributed by atoms with E-state index >= 15 is 0 Å². The van der Waals surface area contributed by atoms with E-state index in [0.29, 0.717) is 10.8 Å². The van der Waals surface area contributed by atoms with Gasteiger partial charge in [-0.05, 0) is 46.5 Å². The Morgan fingerprint density at radius 2 is 1.86 bits per heavy atom. The Morgan fingerprint density at radius 1 is 1.29 bits per heavy atom. The number of hydrogen-bond donors (Lipinski definition) is 1. The zero-order valence-electron chi connectivity index (χ0n) is 9.80. The topological polar surface area (TPSA) is 21.3 Å². The van der Waals surface area contributed by atoms with Crippen LogP contribution in [0.15, 0.2) is 0 Å². The lowest BCUT2D eigenvalue weighted by Crippen LogP contribution is -2.35. The predicted octanol–water partition coefficient (Wildman–Crippen LogP) is 2.84. The van der Waals surface area contributed by atoms with E-state index in [2.05, 4.69) is 32.4 Å². The average Bonchev–Trinajstić information content (AvgIpc) is 2.14. The van der Waals surface area contributed by atoms with Crippen LogP contribution in [0.4, 0.5) is 0 Å². The largest absolute Gasteiger partial charge is 0.381 e. The van der Waals surface area contributed by atoms with Crippen molar-refractivity contribution >= 4 is 11.9 Å². The highest BCUT2D eigenvalue weighted by molar-refractivity contribution is 7.98. The zero-order chi connectivity index (χ0) is 10.6. The summed E-state index contributed by atoms with van der Waals surface area (Å²) < 4.78 is 9.22. The summed E-state index contributed by atoms with van der Waals surface area (Å²) in [5.41, 5.74) is 0. The van der Waals surface area contributed by atoms with Crippen molar-refractivity contribution < 1.29 is 4.74 Å². The molecule has 0 amide bonds. The molecule has 84 valence electrons. The molecule has 1 rings (SSSR count).